The second-order valence-electron chi connectivity index (χ2n) is 2.16. The van der Waals surface area contributed by atoms with E-state index in [-0.39, 0.29) is 0 Å². The number of aromatic nitrogens is 3. The Bertz CT molecular complexity index is 208. The van der Waals surface area contributed by atoms with Gasteiger partial charge in [-0.25, -0.2) is 13.5 Å². The standard InChI is InChI=1S/C5H8F2N4/c6-5(7,3-8)4-11-2-1-9-10-11/h1-2H,3-4,8H2. The summed E-state index contributed by atoms with van der Waals surface area (Å²) in [5, 5.41) is 6.76. The Morgan fingerprint density at radius 1 is 1.55 bits per heavy atom. The first-order chi connectivity index (χ1) is 5.14. The van der Waals surface area contributed by atoms with Crippen LogP contribution >= 0.6 is 0 Å². The van der Waals surface area contributed by atoms with E-state index in [1.54, 1.807) is 0 Å². The Morgan fingerprint density at radius 2 is 2.27 bits per heavy atom. The molecule has 0 atom stereocenters. The molecule has 0 aliphatic carbocycles. The lowest BCUT2D eigenvalue weighted by atomic mass is 10.3. The fourth-order valence-electron chi connectivity index (χ4n) is 0.619. The summed E-state index contributed by atoms with van der Waals surface area (Å²) in [5.74, 6) is -2.90. The van der Waals surface area contributed by atoms with Gasteiger partial charge in [-0.2, -0.15) is 0 Å². The van der Waals surface area contributed by atoms with Gasteiger partial charge in [0.1, 0.15) is 6.54 Å². The summed E-state index contributed by atoms with van der Waals surface area (Å²) in [6, 6.07) is 0. The fraction of sp³-hybridized carbons (Fsp3) is 0.600. The summed E-state index contributed by atoms with van der Waals surface area (Å²) in [4.78, 5) is 0. The molecule has 0 saturated carbocycles. The number of hydrogen-bond acceptors (Lipinski definition) is 3. The van der Waals surface area contributed by atoms with Crippen LogP contribution in [0.4, 0.5) is 8.78 Å². The third kappa shape index (κ3) is 2.23. The average Bonchev–Trinajstić information content (AvgIpc) is 2.39. The predicted octanol–water partition coefficient (Wildman–Crippen LogP) is -0.128. The van der Waals surface area contributed by atoms with Crippen molar-refractivity contribution >= 4 is 0 Å². The Kier molecular flexibility index (Phi) is 2.13. The van der Waals surface area contributed by atoms with E-state index in [0.717, 1.165) is 4.68 Å². The summed E-state index contributed by atoms with van der Waals surface area (Å²) >= 11 is 0. The molecule has 0 aromatic carbocycles. The maximum atomic E-state index is 12.5. The molecular weight excluding hydrogens is 154 g/mol. The van der Waals surface area contributed by atoms with Gasteiger partial charge in [-0.15, -0.1) is 5.10 Å². The van der Waals surface area contributed by atoms with Gasteiger partial charge in [0.15, 0.2) is 0 Å². The Morgan fingerprint density at radius 3 is 2.73 bits per heavy atom. The van der Waals surface area contributed by atoms with E-state index in [4.69, 9.17) is 5.73 Å². The van der Waals surface area contributed by atoms with Gasteiger partial charge in [-0.05, 0) is 0 Å². The average molecular weight is 162 g/mol. The van der Waals surface area contributed by atoms with Crippen molar-refractivity contribution in [1.29, 1.82) is 0 Å². The zero-order chi connectivity index (χ0) is 8.32. The molecule has 4 nitrogen and oxygen atoms in total. The molecule has 0 radical (unpaired) electrons. The molecular formula is C5H8F2N4. The van der Waals surface area contributed by atoms with Crippen molar-refractivity contribution < 1.29 is 8.78 Å². The largest absolute Gasteiger partial charge is 0.325 e. The summed E-state index contributed by atoms with van der Waals surface area (Å²) in [5.41, 5.74) is 4.81. The third-order valence-corrected chi connectivity index (χ3v) is 1.16. The molecule has 62 valence electrons. The van der Waals surface area contributed by atoms with E-state index in [1.165, 1.54) is 12.4 Å². The molecule has 11 heavy (non-hydrogen) atoms. The van der Waals surface area contributed by atoms with Crippen LogP contribution in [-0.2, 0) is 6.54 Å². The minimum Gasteiger partial charge on any atom is -0.325 e. The second-order valence-corrected chi connectivity index (χ2v) is 2.16. The lowest BCUT2D eigenvalue weighted by Crippen LogP contribution is -2.33. The highest BCUT2D eigenvalue weighted by Crippen LogP contribution is 2.12. The Labute approximate surface area is 62.0 Å². The first kappa shape index (κ1) is 8.06. The van der Waals surface area contributed by atoms with Crippen LogP contribution in [0.3, 0.4) is 0 Å². The van der Waals surface area contributed by atoms with Gasteiger partial charge in [0.25, 0.3) is 5.92 Å². The number of rotatable bonds is 3. The van der Waals surface area contributed by atoms with Crippen molar-refractivity contribution in [1.82, 2.24) is 15.0 Å². The van der Waals surface area contributed by atoms with Gasteiger partial charge in [0.2, 0.25) is 0 Å². The van der Waals surface area contributed by atoms with Crippen molar-refractivity contribution in [3.8, 4) is 0 Å². The number of halogens is 2. The normalized spacial score (nSPS) is 11.9. The molecule has 1 heterocycles. The molecule has 6 heteroatoms. The molecule has 0 spiro atoms. The molecule has 0 amide bonds. The van der Waals surface area contributed by atoms with Crippen molar-refractivity contribution in [2.45, 2.75) is 12.5 Å². The molecule has 1 rings (SSSR count). The molecule has 0 unspecified atom stereocenters. The zero-order valence-electron chi connectivity index (χ0n) is 5.74. The van der Waals surface area contributed by atoms with Gasteiger partial charge >= 0.3 is 0 Å². The maximum absolute atomic E-state index is 12.5. The van der Waals surface area contributed by atoms with Crippen LogP contribution in [-0.4, -0.2) is 27.5 Å². The smallest absolute Gasteiger partial charge is 0.279 e. The molecule has 1 aromatic heterocycles. The van der Waals surface area contributed by atoms with Gasteiger partial charge in [-0.1, -0.05) is 5.21 Å². The SMILES string of the molecule is NCC(F)(F)Cn1ccnn1. The van der Waals surface area contributed by atoms with Gasteiger partial charge in [0, 0.05) is 6.20 Å². The fourth-order valence-corrected chi connectivity index (χ4v) is 0.619. The Hall–Kier alpha value is -1.04. The maximum Gasteiger partial charge on any atom is 0.279 e. The number of nitrogens with zero attached hydrogens (tertiary/aromatic N) is 3. The number of alkyl halides is 2. The van der Waals surface area contributed by atoms with E-state index in [1.807, 2.05) is 0 Å². The molecule has 0 aliphatic heterocycles. The Balaban J connectivity index is 2.56. The molecule has 0 fully saturated rings. The lowest BCUT2D eigenvalue weighted by molar-refractivity contribution is -0.0102. The summed E-state index contributed by atoms with van der Waals surface area (Å²) in [7, 11) is 0. The molecule has 0 saturated heterocycles. The van der Waals surface area contributed by atoms with Crippen LogP contribution in [0.1, 0.15) is 0 Å². The summed E-state index contributed by atoms with van der Waals surface area (Å²) in [6.45, 7) is -1.18. The van der Waals surface area contributed by atoms with Gasteiger partial charge in [-0.3, -0.25) is 0 Å². The summed E-state index contributed by atoms with van der Waals surface area (Å²) < 4.78 is 26.1. The molecule has 1 aromatic rings. The summed E-state index contributed by atoms with van der Waals surface area (Å²) in [6.07, 6.45) is 2.70. The van der Waals surface area contributed by atoms with E-state index < -0.39 is 19.0 Å². The van der Waals surface area contributed by atoms with Crippen LogP contribution < -0.4 is 5.73 Å². The van der Waals surface area contributed by atoms with Gasteiger partial charge in [0.05, 0.1) is 12.7 Å². The zero-order valence-corrected chi connectivity index (χ0v) is 5.74. The first-order valence-corrected chi connectivity index (χ1v) is 3.06. The highest BCUT2D eigenvalue weighted by molar-refractivity contribution is 4.71. The number of hydrogen-bond donors (Lipinski definition) is 1. The van der Waals surface area contributed by atoms with E-state index in [0.29, 0.717) is 0 Å². The van der Waals surface area contributed by atoms with Crippen LogP contribution in [0.5, 0.6) is 0 Å². The third-order valence-electron chi connectivity index (χ3n) is 1.16. The van der Waals surface area contributed by atoms with Crippen molar-refractivity contribution in [2.24, 2.45) is 5.73 Å². The highest BCUT2D eigenvalue weighted by atomic mass is 19.3. The monoisotopic (exact) mass is 162 g/mol. The highest BCUT2D eigenvalue weighted by Gasteiger charge is 2.27. The lowest BCUT2D eigenvalue weighted by Gasteiger charge is -2.12. The van der Waals surface area contributed by atoms with Crippen LogP contribution in [0, 0.1) is 0 Å². The van der Waals surface area contributed by atoms with E-state index >= 15 is 0 Å². The van der Waals surface area contributed by atoms with Crippen molar-refractivity contribution in [3.63, 3.8) is 0 Å². The van der Waals surface area contributed by atoms with E-state index in [2.05, 4.69) is 10.3 Å². The van der Waals surface area contributed by atoms with Gasteiger partial charge < -0.3 is 5.73 Å². The quantitative estimate of drug-likeness (QED) is 0.673. The minimum atomic E-state index is -2.90. The molecule has 0 aliphatic rings. The first-order valence-electron chi connectivity index (χ1n) is 3.06. The second kappa shape index (κ2) is 2.91. The topological polar surface area (TPSA) is 56.7 Å². The predicted molar refractivity (Wildman–Crippen MR) is 34.0 cm³/mol. The van der Waals surface area contributed by atoms with Crippen LogP contribution in [0.25, 0.3) is 0 Å². The molecule has 0 bridgehead atoms. The minimum absolute atomic E-state index is 0.510. The van der Waals surface area contributed by atoms with Crippen LogP contribution in [0.15, 0.2) is 12.4 Å². The van der Waals surface area contributed by atoms with E-state index in [9.17, 15) is 8.78 Å². The van der Waals surface area contributed by atoms with Crippen molar-refractivity contribution in [2.75, 3.05) is 6.54 Å². The number of nitrogens with two attached hydrogens (primary N) is 1. The molecule has 2 N–H and O–H groups in total. The van der Waals surface area contributed by atoms with Crippen LogP contribution in [0.2, 0.25) is 0 Å². The van der Waals surface area contributed by atoms with Crippen molar-refractivity contribution in [3.05, 3.63) is 12.4 Å².